The van der Waals surface area contributed by atoms with Gasteiger partial charge in [-0.25, -0.2) is 8.42 Å². The number of anilines is 1. The number of amides is 1. The monoisotopic (exact) mass is 393 g/mol. The van der Waals surface area contributed by atoms with Gasteiger partial charge in [0.25, 0.3) is 5.91 Å². The fraction of sp³-hybridized carbons (Fsp3) is 0.650. The van der Waals surface area contributed by atoms with Crippen molar-refractivity contribution in [2.24, 2.45) is 0 Å². The third-order valence-corrected chi connectivity index (χ3v) is 6.66. The van der Waals surface area contributed by atoms with Crippen molar-refractivity contribution in [2.75, 3.05) is 43.3 Å². The van der Waals surface area contributed by atoms with Gasteiger partial charge >= 0.3 is 0 Å². The number of carbonyl (C=O) groups excluding carboxylic acids is 1. The lowest BCUT2D eigenvalue weighted by molar-refractivity contribution is 0.0952. The van der Waals surface area contributed by atoms with Crippen molar-refractivity contribution in [3.63, 3.8) is 0 Å². The molecule has 7 heteroatoms. The van der Waals surface area contributed by atoms with Crippen molar-refractivity contribution in [2.45, 2.75) is 44.9 Å². The molecule has 27 heavy (non-hydrogen) atoms. The van der Waals surface area contributed by atoms with E-state index in [4.69, 9.17) is 0 Å². The van der Waals surface area contributed by atoms with E-state index >= 15 is 0 Å². The highest BCUT2D eigenvalue weighted by atomic mass is 32.2. The van der Waals surface area contributed by atoms with Crippen molar-refractivity contribution >= 4 is 21.6 Å². The quantitative estimate of drug-likeness (QED) is 0.689. The van der Waals surface area contributed by atoms with Crippen LogP contribution in [0.15, 0.2) is 18.2 Å². The van der Waals surface area contributed by atoms with Crippen LogP contribution < -0.4 is 9.62 Å². The zero-order valence-corrected chi connectivity index (χ0v) is 17.1. The smallest absolute Gasteiger partial charge is 0.251 e. The Labute approximate surface area is 163 Å². The molecule has 0 unspecified atom stereocenters. The van der Waals surface area contributed by atoms with E-state index in [1.807, 2.05) is 6.07 Å². The molecule has 1 amide bonds. The summed E-state index contributed by atoms with van der Waals surface area (Å²) in [4.78, 5) is 14.9. The van der Waals surface area contributed by atoms with E-state index in [0.717, 1.165) is 18.4 Å². The standard InChI is InChI=1S/C20H31N3O3S/c1-27(25,26)23-15-10-17-16-18(8-9-19(17)23)20(24)21-11-4-2-5-12-22-13-6-3-7-14-22/h8-9,16H,2-7,10-15H2,1H3,(H,21,24). The zero-order chi connectivity index (χ0) is 19.3. The van der Waals surface area contributed by atoms with Gasteiger partial charge in [0.2, 0.25) is 10.0 Å². The lowest BCUT2D eigenvalue weighted by Crippen LogP contribution is -2.30. The van der Waals surface area contributed by atoms with Crippen LogP contribution in [0, 0.1) is 0 Å². The number of rotatable bonds is 8. The topological polar surface area (TPSA) is 69.7 Å². The van der Waals surface area contributed by atoms with Gasteiger partial charge in [-0.15, -0.1) is 0 Å². The Morgan fingerprint density at radius 2 is 1.85 bits per heavy atom. The first-order valence-corrected chi connectivity index (χ1v) is 11.9. The van der Waals surface area contributed by atoms with E-state index in [-0.39, 0.29) is 5.91 Å². The minimum atomic E-state index is -3.25. The molecular formula is C20H31N3O3S. The van der Waals surface area contributed by atoms with Gasteiger partial charge in [-0.2, -0.15) is 0 Å². The SMILES string of the molecule is CS(=O)(=O)N1CCc2cc(C(=O)NCCCCCN3CCCCC3)ccc21. The van der Waals surface area contributed by atoms with Crippen molar-refractivity contribution in [3.05, 3.63) is 29.3 Å². The number of nitrogens with one attached hydrogen (secondary N) is 1. The van der Waals surface area contributed by atoms with Crippen LogP contribution >= 0.6 is 0 Å². The van der Waals surface area contributed by atoms with Crippen molar-refractivity contribution in [3.8, 4) is 0 Å². The van der Waals surface area contributed by atoms with Crippen LogP contribution in [0.25, 0.3) is 0 Å². The van der Waals surface area contributed by atoms with Gasteiger partial charge < -0.3 is 10.2 Å². The van der Waals surface area contributed by atoms with Crippen LogP contribution in [0.3, 0.4) is 0 Å². The summed E-state index contributed by atoms with van der Waals surface area (Å²) < 4.78 is 25.0. The minimum Gasteiger partial charge on any atom is -0.352 e. The maximum atomic E-state index is 12.4. The predicted octanol–water partition coefficient (Wildman–Crippen LogP) is 2.39. The Morgan fingerprint density at radius 1 is 1.07 bits per heavy atom. The van der Waals surface area contributed by atoms with Crippen LogP contribution in [0.1, 0.15) is 54.4 Å². The summed E-state index contributed by atoms with van der Waals surface area (Å²) in [5.41, 5.74) is 2.23. The number of unbranched alkanes of at least 4 members (excludes halogenated alkanes) is 2. The van der Waals surface area contributed by atoms with E-state index in [9.17, 15) is 13.2 Å². The van der Waals surface area contributed by atoms with Gasteiger partial charge in [-0.3, -0.25) is 9.10 Å². The highest BCUT2D eigenvalue weighted by molar-refractivity contribution is 7.92. The van der Waals surface area contributed by atoms with Crippen molar-refractivity contribution < 1.29 is 13.2 Å². The van der Waals surface area contributed by atoms with Gasteiger partial charge in [-0.1, -0.05) is 12.8 Å². The molecule has 0 radical (unpaired) electrons. The minimum absolute atomic E-state index is 0.0772. The van der Waals surface area contributed by atoms with Crippen LogP contribution in [0.5, 0.6) is 0 Å². The highest BCUT2D eigenvalue weighted by Crippen LogP contribution is 2.30. The predicted molar refractivity (Wildman–Crippen MR) is 109 cm³/mol. The summed E-state index contributed by atoms with van der Waals surface area (Å²) in [6.07, 6.45) is 9.22. The number of carbonyl (C=O) groups is 1. The second-order valence-corrected chi connectivity index (χ2v) is 9.55. The number of hydrogen-bond acceptors (Lipinski definition) is 4. The lowest BCUT2D eigenvalue weighted by Gasteiger charge is -2.26. The van der Waals surface area contributed by atoms with Gasteiger partial charge in [0.05, 0.1) is 11.9 Å². The highest BCUT2D eigenvalue weighted by Gasteiger charge is 2.26. The largest absolute Gasteiger partial charge is 0.352 e. The van der Waals surface area contributed by atoms with Crippen molar-refractivity contribution in [1.29, 1.82) is 0 Å². The van der Waals surface area contributed by atoms with Gasteiger partial charge in [-0.05, 0) is 75.5 Å². The molecular weight excluding hydrogens is 362 g/mol. The number of likely N-dealkylation sites (tertiary alicyclic amines) is 1. The summed E-state index contributed by atoms with van der Waals surface area (Å²) in [5.74, 6) is -0.0772. The number of benzene rings is 1. The lowest BCUT2D eigenvalue weighted by atomic mass is 10.1. The maximum absolute atomic E-state index is 12.4. The van der Waals surface area contributed by atoms with E-state index in [1.54, 1.807) is 12.1 Å². The molecule has 0 saturated carbocycles. The first kappa shape index (κ1) is 20.1. The van der Waals surface area contributed by atoms with Crippen molar-refractivity contribution in [1.82, 2.24) is 10.2 Å². The molecule has 3 rings (SSSR count). The molecule has 2 aliphatic heterocycles. The molecule has 0 aromatic heterocycles. The van der Waals surface area contributed by atoms with Crippen LogP contribution in [-0.2, 0) is 16.4 Å². The summed E-state index contributed by atoms with van der Waals surface area (Å²) in [5, 5.41) is 2.99. The van der Waals surface area contributed by atoms with Gasteiger partial charge in [0.1, 0.15) is 0 Å². The molecule has 1 aromatic rings. The Kier molecular flexibility index (Phi) is 6.76. The fourth-order valence-electron chi connectivity index (χ4n) is 3.98. The summed E-state index contributed by atoms with van der Waals surface area (Å²) >= 11 is 0. The Bertz CT molecular complexity index is 758. The van der Waals surface area contributed by atoms with Crippen LogP contribution in [0.2, 0.25) is 0 Å². The Morgan fingerprint density at radius 3 is 2.59 bits per heavy atom. The van der Waals surface area contributed by atoms with Gasteiger partial charge in [0.15, 0.2) is 0 Å². The van der Waals surface area contributed by atoms with E-state index in [0.29, 0.717) is 30.8 Å². The fourth-order valence-corrected chi connectivity index (χ4v) is 4.94. The summed E-state index contributed by atoms with van der Waals surface area (Å²) in [6, 6.07) is 5.29. The molecule has 0 atom stereocenters. The third kappa shape index (κ3) is 5.45. The Balaban J connectivity index is 1.40. The van der Waals surface area contributed by atoms with E-state index in [1.165, 1.54) is 55.9 Å². The molecule has 0 aliphatic carbocycles. The van der Waals surface area contributed by atoms with Gasteiger partial charge in [0, 0.05) is 18.7 Å². The zero-order valence-electron chi connectivity index (χ0n) is 16.2. The molecule has 0 bridgehead atoms. The second-order valence-electron chi connectivity index (χ2n) is 7.65. The first-order chi connectivity index (χ1) is 12.9. The molecule has 150 valence electrons. The molecule has 2 aliphatic rings. The Hall–Kier alpha value is -1.60. The summed E-state index contributed by atoms with van der Waals surface area (Å²) in [7, 11) is -3.25. The molecule has 6 nitrogen and oxygen atoms in total. The molecule has 1 aromatic carbocycles. The molecule has 2 heterocycles. The van der Waals surface area contributed by atoms with Crippen LogP contribution in [0.4, 0.5) is 5.69 Å². The molecule has 1 fully saturated rings. The molecule has 1 saturated heterocycles. The normalized spacial score (nSPS) is 17.7. The van der Waals surface area contributed by atoms with E-state index < -0.39 is 10.0 Å². The van der Waals surface area contributed by atoms with Crippen LogP contribution in [-0.4, -0.2) is 58.2 Å². The number of piperidine rings is 1. The third-order valence-electron chi connectivity index (χ3n) is 5.48. The second kappa shape index (κ2) is 9.06. The van der Waals surface area contributed by atoms with E-state index in [2.05, 4.69) is 10.2 Å². The number of hydrogen-bond donors (Lipinski definition) is 1. The maximum Gasteiger partial charge on any atom is 0.251 e. The summed E-state index contributed by atoms with van der Waals surface area (Å²) in [6.45, 7) is 4.80. The number of nitrogens with zero attached hydrogens (tertiary/aromatic N) is 2. The molecule has 0 spiro atoms. The molecule has 1 N–H and O–H groups in total. The number of sulfonamides is 1. The first-order valence-electron chi connectivity index (χ1n) is 10.1. The average Bonchev–Trinajstić information content (AvgIpc) is 3.09. The number of fused-ring (bicyclic) bond motifs is 1. The average molecular weight is 394 g/mol.